The Morgan fingerprint density at radius 3 is 2.59 bits per heavy atom. The van der Waals surface area contributed by atoms with Crippen molar-refractivity contribution in [2.24, 2.45) is 0 Å². The van der Waals surface area contributed by atoms with Gasteiger partial charge in [-0.15, -0.1) is 0 Å². The van der Waals surface area contributed by atoms with Crippen LogP contribution in [0.5, 0.6) is 5.75 Å². The molecule has 1 saturated heterocycles. The van der Waals surface area contributed by atoms with Crippen molar-refractivity contribution in [2.45, 2.75) is 24.8 Å². The quantitative estimate of drug-likeness (QED) is 0.813. The van der Waals surface area contributed by atoms with Crippen LogP contribution in [0.1, 0.15) is 24.1 Å². The summed E-state index contributed by atoms with van der Waals surface area (Å²) >= 11 is 0. The molecule has 0 unspecified atom stereocenters. The predicted octanol–water partition coefficient (Wildman–Crippen LogP) is 2.01. The lowest BCUT2D eigenvalue weighted by Crippen LogP contribution is -2.40. The molecule has 0 bridgehead atoms. The maximum atomic E-state index is 12.7. The van der Waals surface area contributed by atoms with Crippen molar-refractivity contribution in [1.82, 2.24) is 4.31 Å². The van der Waals surface area contributed by atoms with E-state index in [2.05, 4.69) is 16.4 Å². The molecule has 0 aliphatic carbocycles. The number of aromatic nitrogens is 1. The SMILES string of the molecule is COc1ccc(C)cc1[C@H](C)Nc1ccc(S(=O)(=O)N2CCOCC2)c[nH+]1. The van der Waals surface area contributed by atoms with E-state index in [0.29, 0.717) is 26.3 Å². The summed E-state index contributed by atoms with van der Waals surface area (Å²) in [7, 11) is -1.85. The van der Waals surface area contributed by atoms with Crippen LogP contribution < -0.4 is 15.0 Å². The number of ether oxygens (including phenoxy) is 2. The lowest BCUT2D eigenvalue weighted by molar-refractivity contribution is -0.364. The fourth-order valence-electron chi connectivity index (χ4n) is 3.10. The zero-order valence-electron chi connectivity index (χ0n) is 15.9. The van der Waals surface area contributed by atoms with Crippen molar-refractivity contribution in [3.8, 4) is 5.75 Å². The molecule has 8 heteroatoms. The van der Waals surface area contributed by atoms with Crippen LogP contribution >= 0.6 is 0 Å². The van der Waals surface area contributed by atoms with Crippen LogP contribution in [0, 0.1) is 6.92 Å². The number of rotatable bonds is 6. The number of morpholine rings is 1. The highest BCUT2D eigenvalue weighted by Gasteiger charge is 2.27. The molecule has 0 saturated carbocycles. The molecule has 1 atom stereocenters. The Bertz CT molecular complexity index is 878. The second-order valence-corrected chi connectivity index (χ2v) is 8.50. The molecule has 0 spiro atoms. The first-order valence-electron chi connectivity index (χ1n) is 8.92. The summed E-state index contributed by atoms with van der Waals surface area (Å²) in [6, 6.07) is 9.37. The van der Waals surface area contributed by atoms with Crippen molar-refractivity contribution < 1.29 is 22.9 Å². The molecule has 1 fully saturated rings. The van der Waals surface area contributed by atoms with Gasteiger partial charge in [-0.2, -0.15) is 4.31 Å². The molecule has 1 aliphatic rings. The zero-order valence-corrected chi connectivity index (χ0v) is 16.7. The van der Waals surface area contributed by atoms with E-state index in [4.69, 9.17) is 9.47 Å². The summed E-state index contributed by atoms with van der Waals surface area (Å²) in [5.41, 5.74) is 2.19. The average Bonchev–Trinajstić information content (AvgIpc) is 2.69. The number of aryl methyl sites for hydroxylation is 1. The largest absolute Gasteiger partial charge is 0.496 e. The van der Waals surface area contributed by atoms with Crippen molar-refractivity contribution in [3.05, 3.63) is 47.7 Å². The predicted molar refractivity (Wildman–Crippen MR) is 102 cm³/mol. The number of aromatic amines is 1. The molecule has 1 aliphatic heterocycles. The molecule has 146 valence electrons. The summed E-state index contributed by atoms with van der Waals surface area (Å²) in [5.74, 6) is 1.54. The number of nitrogens with zero attached hydrogens (tertiary/aromatic N) is 1. The molecule has 2 aromatic rings. The van der Waals surface area contributed by atoms with Gasteiger partial charge in [0, 0.05) is 24.7 Å². The van der Waals surface area contributed by atoms with Gasteiger partial charge in [-0.3, -0.25) is 5.32 Å². The fourth-order valence-corrected chi connectivity index (χ4v) is 4.48. The third-order valence-corrected chi connectivity index (χ3v) is 6.51. The van der Waals surface area contributed by atoms with Crippen molar-refractivity contribution in [1.29, 1.82) is 0 Å². The monoisotopic (exact) mass is 392 g/mol. The van der Waals surface area contributed by atoms with Gasteiger partial charge >= 0.3 is 0 Å². The number of hydrogen-bond acceptors (Lipinski definition) is 5. The maximum absolute atomic E-state index is 12.7. The molecule has 2 N–H and O–H groups in total. The Hall–Kier alpha value is -2.16. The van der Waals surface area contributed by atoms with Gasteiger partial charge in [-0.25, -0.2) is 13.4 Å². The van der Waals surface area contributed by atoms with Gasteiger partial charge in [0.1, 0.15) is 22.9 Å². The highest BCUT2D eigenvalue weighted by molar-refractivity contribution is 7.89. The zero-order chi connectivity index (χ0) is 19.4. The van der Waals surface area contributed by atoms with Gasteiger partial charge in [0.2, 0.25) is 10.0 Å². The summed E-state index contributed by atoms with van der Waals surface area (Å²) in [4.78, 5) is 3.29. The normalized spacial score (nSPS) is 16.7. The van der Waals surface area contributed by atoms with Crippen LogP contribution in [0.4, 0.5) is 5.82 Å². The van der Waals surface area contributed by atoms with E-state index in [-0.39, 0.29) is 10.9 Å². The highest BCUT2D eigenvalue weighted by atomic mass is 32.2. The van der Waals surface area contributed by atoms with Crippen molar-refractivity contribution >= 4 is 15.8 Å². The Balaban J connectivity index is 1.75. The van der Waals surface area contributed by atoms with Gasteiger partial charge in [0.05, 0.1) is 20.3 Å². The Labute approximate surface area is 160 Å². The lowest BCUT2D eigenvalue weighted by Gasteiger charge is -2.25. The number of anilines is 1. The molecule has 3 rings (SSSR count). The Kier molecular flexibility index (Phi) is 5.98. The van der Waals surface area contributed by atoms with E-state index >= 15 is 0 Å². The van der Waals surface area contributed by atoms with E-state index in [1.807, 2.05) is 26.0 Å². The van der Waals surface area contributed by atoms with Gasteiger partial charge in [0.15, 0.2) is 0 Å². The second kappa shape index (κ2) is 8.24. The minimum Gasteiger partial charge on any atom is -0.496 e. The number of benzene rings is 1. The summed E-state index contributed by atoms with van der Waals surface area (Å²) < 4.78 is 37.5. The van der Waals surface area contributed by atoms with Crippen LogP contribution in [0.15, 0.2) is 41.4 Å². The molecule has 2 heterocycles. The lowest BCUT2D eigenvalue weighted by atomic mass is 10.0. The number of H-pyrrole nitrogens is 1. The maximum Gasteiger partial charge on any atom is 0.272 e. The van der Waals surface area contributed by atoms with Gasteiger partial charge in [-0.05, 0) is 32.0 Å². The molecule has 1 aromatic heterocycles. The smallest absolute Gasteiger partial charge is 0.272 e. The first-order valence-corrected chi connectivity index (χ1v) is 10.4. The van der Waals surface area contributed by atoms with Crippen LogP contribution in [0.2, 0.25) is 0 Å². The van der Waals surface area contributed by atoms with Crippen LogP contribution in [-0.4, -0.2) is 46.1 Å². The van der Waals surface area contributed by atoms with E-state index in [1.165, 1.54) is 10.5 Å². The number of nitrogens with one attached hydrogen (secondary N) is 2. The van der Waals surface area contributed by atoms with E-state index in [9.17, 15) is 8.42 Å². The van der Waals surface area contributed by atoms with E-state index in [0.717, 1.165) is 22.7 Å². The number of sulfonamides is 1. The first kappa shape index (κ1) is 19.6. The van der Waals surface area contributed by atoms with Crippen LogP contribution in [0.3, 0.4) is 0 Å². The van der Waals surface area contributed by atoms with Gasteiger partial charge in [0.25, 0.3) is 5.82 Å². The van der Waals surface area contributed by atoms with Crippen LogP contribution in [-0.2, 0) is 14.8 Å². The minimum atomic E-state index is -3.50. The number of hydrogen-bond donors (Lipinski definition) is 1. The average molecular weight is 393 g/mol. The fraction of sp³-hybridized carbons (Fsp3) is 0.421. The molecular weight excluding hydrogens is 366 g/mol. The minimum absolute atomic E-state index is 0.0159. The Morgan fingerprint density at radius 1 is 1.22 bits per heavy atom. The number of methoxy groups -OCH3 is 1. The Morgan fingerprint density at radius 2 is 1.96 bits per heavy atom. The van der Waals surface area contributed by atoms with Gasteiger partial charge in [-0.1, -0.05) is 11.6 Å². The van der Waals surface area contributed by atoms with E-state index in [1.54, 1.807) is 19.2 Å². The molecule has 27 heavy (non-hydrogen) atoms. The third kappa shape index (κ3) is 4.40. The highest BCUT2D eigenvalue weighted by Crippen LogP contribution is 2.28. The molecule has 0 radical (unpaired) electrons. The van der Waals surface area contributed by atoms with Gasteiger partial charge < -0.3 is 9.47 Å². The molecule has 1 aromatic carbocycles. The molecule has 0 amide bonds. The summed E-state index contributed by atoms with van der Waals surface area (Å²) in [6.07, 6.45) is 1.52. The first-order chi connectivity index (χ1) is 12.9. The topological polar surface area (TPSA) is 82.0 Å². The molecule has 7 nitrogen and oxygen atoms in total. The third-order valence-electron chi connectivity index (χ3n) is 4.62. The standard InChI is InChI=1S/C19H25N3O4S/c1-14-4-6-18(25-3)17(12-14)15(2)21-19-7-5-16(13-20-19)27(23,24)22-8-10-26-11-9-22/h4-7,12-13,15H,8-11H2,1-3H3,(H,20,21)/p+1/t15-/m0/s1. The van der Waals surface area contributed by atoms with E-state index < -0.39 is 10.0 Å². The summed E-state index contributed by atoms with van der Waals surface area (Å²) in [5, 5.41) is 3.35. The summed E-state index contributed by atoms with van der Waals surface area (Å²) in [6.45, 7) is 5.69. The van der Waals surface area contributed by atoms with Crippen molar-refractivity contribution in [3.63, 3.8) is 0 Å². The molecular formula is C19H26N3O4S+. The van der Waals surface area contributed by atoms with Crippen molar-refractivity contribution in [2.75, 3.05) is 38.7 Å². The second-order valence-electron chi connectivity index (χ2n) is 6.57. The van der Waals surface area contributed by atoms with Crippen LogP contribution in [0.25, 0.3) is 0 Å². The number of pyridine rings is 1.